The summed E-state index contributed by atoms with van der Waals surface area (Å²) < 4.78 is 30.9. The fraction of sp³-hybridized carbons (Fsp3) is 0.571. The van der Waals surface area contributed by atoms with Crippen molar-refractivity contribution in [2.24, 2.45) is 0 Å². The van der Waals surface area contributed by atoms with Crippen molar-refractivity contribution in [3.8, 4) is 5.75 Å². The molecule has 0 bridgehead atoms. The van der Waals surface area contributed by atoms with E-state index in [1.54, 1.807) is 38.4 Å². The van der Waals surface area contributed by atoms with Gasteiger partial charge in [0.25, 0.3) is 0 Å². The summed E-state index contributed by atoms with van der Waals surface area (Å²) in [5.74, 6) is 0.784. The molecule has 6 heteroatoms. The van der Waals surface area contributed by atoms with Gasteiger partial charge in [-0.15, -0.1) is 0 Å². The highest BCUT2D eigenvalue weighted by Crippen LogP contribution is 2.22. The third kappa shape index (κ3) is 5.02. The zero-order chi connectivity index (χ0) is 15.0. The smallest absolute Gasteiger partial charge is 0.234 e. The molecule has 0 spiro atoms. The average molecular weight is 300 g/mol. The van der Waals surface area contributed by atoms with Crippen LogP contribution in [-0.4, -0.2) is 41.4 Å². The van der Waals surface area contributed by atoms with E-state index in [2.05, 4.69) is 12.2 Å². The van der Waals surface area contributed by atoms with Gasteiger partial charge in [0.15, 0.2) is 0 Å². The Morgan fingerprint density at radius 2 is 2.05 bits per heavy atom. The van der Waals surface area contributed by atoms with Crippen LogP contribution < -0.4 is 14.4 Å². The minimum Gasteiger partial charge on any atom is -0.497 e. The van der Waals surface area contributed by atoms with Gasteiger partial charge in [-0.3, -0.25) is 4.31 Å². The first-order valence-corrected chi connectivity index (χ1v) is 8.43. The van der Waals surface area contributed by atoms with Crippen LogP contribution in [0.5, 0.6) is 5.75 Å². The number of sulfonamides is 1. The largest absolute Gasteiger partial charge is 0.497 e. The summed E-state index contributed by atoms with van der Waals surface area (Å²) in [6, 6.07) is 7.05. The van der Waals surface area contributed by atoms with Crippen molar-refractivity contribution in [2.45, 2.75) is 19.8 Å². The van der Waals surface area contributed by atoms with Crippen LogP contribution in [0.2, 0.25) is 0 Å². The molecule has 0 fully saturated rings. The predicted octanol–water partition coefficient (Wildman–Crippen LogP) is 1.85. The van der Waals surface area contributed by atoms with Gasteiger partial charge in [-0.1, -0.05) is 13.0 Å². The molecule has 114 valence electrons. The van der Waals surface area contributed by atoms with Gasteiger partial charge < -0.3 is 10.1 Å². The molecule has 0 aliphatic heterocycles. The number of hydrogen-bond donors (Lipinski definition) is 1. The number of rotatable bonds is 9. The molecule has 0 saturated carbocycles. The van der Waals surface area contributed by atoms with Gasteiger partial charge in [0, 0.05) is 13.1 Å². The summed E-state index contributed by atoms with van der Waals surface area (Å²) in [7, 11) is -0.152. The highest BCUT2D eigenvalue weighted by molar-refractivity contribution is 7.92. The molecule has 1 rings (SSSR count). The van der Waals surface area contributed by atoms with Crippen molar-refractivity contribution in [3.63, 3.8) is 0 Å². The molecule has 1 N–H and O–H groups in total. The Kier molecular flexibility index (Phi) is 6.81. The molecule has 0 saturated heterocycles. The number of benzene rings is 1. The van der Waals surface area contributed by atoms with Crippen LogP contribution in [0, 0.1) is 0 Å². The van der Waals surface area contributed by atoms with E-state index in [0.29, 0.717) is 17.9 Å². The fourth-order valence-electron chi connectivity index (χ4n) is 1.79. The Bertz CT molecular complexity index is 503. The normalized spacial score (nSPS) is 11.3. The van der Waals surface area contributed by atoms with Gasteiger partial charge in [0.05, 0.1) is 18.6 Å². The maximum Gasteiger partial charge on any atom is 0.234 e. The molecule has 1 aromatic rings. The summed E-state index contributed by atoms with van der Waals surface area (Å²) in [4.78, 5) is 0. The van der Waals surface area contributed by atoms with Crippen LogP contribution in [-0.2, 0) is 10.0 Å². The Labute approximate surface area is 122 Å². The van der Waals surface area contributed by atoms with Crippen LogP contribution in [0.15, 0.2) is 24.3 Å². The van der Waals surface area contributed by atoms with Gasteiger partial charge in [-0.2, -0.15) is 0 Å². The quantitative estimate of drug-likeness (QED) is 0.707. The third-order valence-corrected chi connectivity index (χ3v) is 4.87. The Balaban J connectivity index is 2.61. The van der Waals surface area contributed by atoms with Crippen LogP contribution in [0.3, 0.4) is 0 Å². The molecule has 20 heavy (non-hydrogen) atoms. The molecule has 0 amide bonds. The van der Waals surface area contributed by atoms with Gasteiger partial charge in [-0.25, -0.2) is 8.42 Å². The maximum atomic E-state index is 12.2. The Morgan fingerprint density at radius 3 is 2.70 bits per heavy atom. The van der Waals surface area contributed by atoms with E-state index in [-0.39, 0.29) is 5.75 Å². The topological polar surface area (TPSA) is 58.6 Å². The van der Waals surface area contributed by atoms with Crippen LogP contribution in [0.25, 0.3) is 0 Å². The summed E-state index contributed by atoms with van der Waals surface area (Å²) in [5, 5.41) is 3.20. The summed E-state index contributed by atoms with van der Waals surface area (Å²) >= 11 is 0. The number of nitrogens with zero attached hydrogens (tertiary/aromatic N) is 1. The van der Waals surface area contributed by atoms with Crippen molar-refractivity contribution in [1.82, 2.24) is 5.32 Å². The second kappa shape index (κ2) is 8.11. The van der Waals surface area contributed by atoms with Crippen LogP contribution >= 0.6 is 0 Å². The van der Waals surface area contributed by atoms with Gasteiger partial charge >= 0.3 is 0 Å². The molecule has 0 unspecified atom stereocenters. The van der Waals surface area contributed by atoms with E-state index in [9.17, 15) is 8.42 Å². The lowest BCUT2D eigenvalue weighted by molar-refractivity contribution is 0.415. The number of anilines is 1. The highest BCUT2D eigenvalue weighted by Gasteiger charge is 2.18. The molecular weight excluding hydrogens is 276 g/mol. The first kappa shape index (κ1) is 16.8. The van der Waals surface area contributed by atoms with E-state index in [1.807, 2.05) is 0 Å². The minimum absolute atomic E-state index is 0.136. The van der Waals surface area contributed by atoms with Crippen molar-refractivity contribution in [2.75, 3.05) is 37.3 Å². The molecular formula is C14H24N2O3S. The SMILES string of the molecule is CCCNCCCS(=O)(=O)N(C)c1cccc(OC)c1. The lowest BCUT2D eigenvalue weighted by Gasteiger charge is -2.20. The van der Waals surface area contributed by atoms with E-state index in [4.69, 9.17) is 4.74 Å². The van der Waals surface area contributed by atoms with Crippen molar-refractivity contribution >= 4 is 15.7 Å². The first-order valence-electron chi connectivity index (χ1n) is 6.82. The van der Waals surface area contributed by atoms with Gasteiger partial charge in [-0.05, 0) is 38.1 Å². The molecule has 0 radical (unpaired) electrons. The Morgan fingerprint density at radius 1 is 1.30 bits per heavy atom. The molecule has 0 aromatic heterocycles. The molecule has 1 aromatic carbocycles. The van der Waals surface area contributed by atoms with Crippen molar-refractivity contribution < 1.29 is 13.2 Å². The maximum absolute atomic E-state index is 12.2. The second-order valence-corrected chi connectivity index (χ2v) is 6.71. The van der Waals surface area contributed by atoms with E-state index < -0.39 is 10.0 Å². The number of methoxy groups -OCH3 is 1. The van der Waals surface area contributed by atoms with Crippen molar-refractivity contribution in [1.29, 1.82) is 0 Å². The monoisotopic (exact) mass is 300 g/mol. The number of nitrogens with one attached hydrogen (secondary N) is 1. The zero-order valence-electron chi connectivity index (χ0n) is 12.4. The molecule has 0 atom stereocenters. The van der Waals surface area contributed by atoms with Gasteiger partial charge in [0.1, 0.15) is 5.75 Å². The predicted molar refractivity (Wildman–Crippen MR) is 83.0 cm³/mol. The van der Waals surface area contributed by atoms with E-state index >= 15 is 0 Å². The average Bonchev–Trinajstić information content (AvgIpc) is 2.46. The van der Waals surface area contributed by atoms with Crippen LogP contribution in [0.4, 0.5) is 5.69 Å². The lowest BCUT2D eigenvalue weighted by atomic mass is 10.3. The van der Waals surface area contributed by atoms with Gasteiger partial charge in [0.2, 0.25) is 10.0 Å². The van der Waals surface area contributed by atoms with E-state index in [0.717, 1.165) is 19.5 Å². The molecule has 0 aliphatic rings. The number of ether oxygens (including phenoxy) is 1. The summed E-state index contributed by atoms with van der Waals surface area (Å²) in [6.07, 6.45) is 1.66. The van der Waals surface area contributed by atoms with Crippen molar-refractivity contribution in [3.05, 3.63) is 24.3 Å². The number of hydrogen-bond acceptors (Lipinski definition) is 4. The van der Waals surface area contributed by atoms with Crippen LogP contribution in [0.1, 0.15) is 19.8 Å². The molecule has 0 heterocycles. The second-order valence-electron chi connectivity index (χ2n) is 4.59. The van der Waals surface area contributed by atoms with E-state index in [1.165, 1.54) is 4.31 Å². The first-order chi connectivity index (χ1) is 9.51. The zero-order valence-corrected chi connectivity index (χ0v) is 13.2. The highest BCUT2D eigenvalue weighted by atomic mass is 32.2. The Hall–Kier alpha value is -1.27. The lowest BCUT2D eigenvalue weighted by Crippen LogP contribution is -2.30. The molecule has 5 nitrogen and oxygen atoms in total. The minimum atomic E-state index is -3.29. The summed E-state index contributed by atoms with van der Waals surface area (Å²) in [5.41, 5.74) is 0.617. The standard InChI is InChI=1S/C14H24N2O3S/c1-4-9-15-10-6-11-20(17,18)16(2)13-7-5-8-14(12-13)19-3/h5,7-8,12,15H,4,6,9-11H2,1-3H3. The summed E-state index contributed by atoms with van der Waals surface area (Å²) in [6.45, 7) is 3.73. The fourth-order valence-corrected chi connectivity index (χ4v) is 3.00. The molecule has 0 aliphatic carbocycles. The third-order valence-electron chi connectivity index (χ3n) is 3.02.